The maximum atomic E-state index is 13.2. The second-order valence-corrected chi connectivity index (χ2v) is 7.00. The minimum absolute atomic E-state index is 0.198. The summed E-state index contributed by atoms with van der Waals surface area (Å²) in [4.78, 5) is 15.9. The molecule has 0 atom stereocenters. The first-order valence-corrected chi connectivity index (χ1v) is 9.73. The summed E-state index contributed by atoms with van der Waals surface area (Å²) in [6.45, 7) is 7.00. The molecular weight excluding hydrogens is 355 g/mol. The van der Waals surface area contributed by atoms with Gasteiger partial charge in [-0.05, 0) is 37.3 Å². The zero-order valence-electron chi connectivity index (χ0n) is 16.9. The minimum Gasteiger partial charge on any atom is -0.368 e. The number of aromatic nitrogens is 1. The van der Waals surface area contributed by atoms with Gasteiger partial charge in [-0.2, -0.15) is 0 Å². The third-order valence-electron chi connectivity index (χ3n) is 4.80. The van der Waals surface area contributed by atoms with E-state index in [1.807, 2.05) is 43.4 Å². The summed E-state index contributed by atoms with van der Waals surface area (Å²) in [7, 11) is 3.99. The van der Waals surface area contributed by atoms with Crippen molar-refractivity contribution in [1.29, 1.82) is 0 Å². The number of hydrogen-bond acceptors (Lipinski definition) is 4. The first kappa shape index (κ1) is 19.9. The zero-order valence-corrected chi connectivity index (χ0v) is 16.9. The van der Waals surface area contributed by atoms with Gasteiger partial charge in [0.05, 0.1) is 6.54 Å². The molecule has 6 nitrogen and oxygen atoms in total. The molecule has 0 aliphatic carbocycles. The van der Waals surface area contributed by atoms with E-state index in [0.29, 0.717) is 6.54 Å². The molecule has 1 aromatic carbocycles. The zero-order chi connectivity index (χ0) is 19.9. The molecule has 1 saturated heterocycles. The van der Waals surface area contributed by atoms with Gasteiger partial charge in [0.2, 0.25) is 0 Å². The van der Waals surface area contributed by atoms with Gasteiger partial charge >= 0.3 is 0 Å². The second-order valence-electron chi connectivity index (χ2n) is 7.00. The highest BCUT2D eigenvalue weighted by Gasteiger charge is 2.20. The van der Waals surface area contributed by atoms with Crippen LogP contribution < -0.4 is 15.1 Å². The van der Waals surface area contributed by atoms with E-state index in [-0.39, 0.29) is 5.82 Å². The average Bonchev–Trinajstić information content (AvgIpc) is 2.72. The fraction of sp³-hybridized carbons (Fsp3) is 0.429. The Bertz CT molecular complexity index is 782. The number of hydrogen-bond donors (Lipinski definition) is 1. The number of guanidine groups is 1. The SMILES string of the molecule is CCNC(=NCc1cccnc1N(C)C)N1CCN(c2ccc(F)cc2)CC1. The number of pyridine rings is 1. The summed E-state index contributed by atoms with van der Waals surface area (Å²) in [5, 5.41) is 3.41. The standard InChI is InChI=1S/C21H29FN6/c1-4-23-21(25-16-17-6-5-11-24-20(17)26(2)3)28-14-12-27(13-15-28)19-9-7-18(22)8-10-19/h5-11H,4,12-16H2,1-3H3,(H,23,25). The van der Waals surface area contributed by atoms with E-state index in [1.165, 1.54) is 12.1 Å². The van der Waals surface area contributed by atoms with Crippen LogP contribution in [0.25, 0.3) is 0 Å². The van der Waals surface area contributed by atoms with Gasteiger partial charge < -0.3 is 20.0 Å². The van der Waals surface area contributed by atoms with Crippen molar-refractivity contribution in [2.75, 3.05) is 56.6 Å². The Morgan fingerprint density at radius 1 is 1.14 bits per heavy atom. The fourth-order valence-electron chi connectivity index (χ4n) is 3.37. The summed E-state index contributed by atoms with van der Waals surface area (Å²) < 4.78 is 13.2. The molecule has 1 N–H and O–H groups in total. The van der Waals surface area contributed by atoms with Crippen LogP contribution in [0.2, 0.25) is 0 Å². The third kappa shape index (κ3) is 4.91. The van der Waals surface area contributed by atoms with Crippen LogP contribution in [-0.4, -0.2) is 62.7 Å². The van der Waals surface area contributed by atoms with Crippen molar-refractivity contribution in [3.8, 4) is 0 Å². The first-order chi connectivity index (χ1) is 13.6. The van der Waals surface area contributed by atoms with Gasteiger partial charge in [0, 0.05) is 64.3 Å². The van der Waals surface area contributed by atoms with E-state index in [0.717, 1.165) is 55.8 Å². The molecule has 0 amide bonds. The molecule has 0 radical (unpaired) electrons. The van der Waals surface area contributed by atoms with Crippen molar-refractivity contribution in [1.82, 2.24) is 15.2 Å². The molecular formula is C21H29FN6. The highest BCUT2D eigenvalue weighted by molar-refractivity contribution is 5.80. The molecule has 1 aliphatic heterocycles. The highest BCUT2D eigenvalue weighted by Crippen LogP contribution is 2.18. The van der Waals surface area contributed by atoms with E-state index in [9.17, 15) is 4.39 Å². The lowest BCUT2D eigenvalue weighted by Gasteiger charge is -2.37. The monoisotopic (exact) mass is 384 g/mol. The Labute approximate surface area is 166 Å². The predicted octanol–water partition coefficient (Wildman–Crippen LogP) is 2.57. The Kier molecular flexibility index (Phi) is 6.68. The Morgan fingerprint density at radius 3 is 2.50 bits per heavy atom. The van der Waals surface area contributed by atoms with Gasteiger partial charge in [0.25, 0.3) is 0 Å². The predicted molar refractivity (Wildman–Crippen MR) is 114 cm³/mol. The quantitative estimate of drug-likeness (QED) is 0.634. The molecule has 2 aromatic rings. The lowest BCUT2D eigenvalue weighted by molar-refractivity contribution is 0.372. The van der Waals surface area contributed by atoms with Crippen LogP contribution in [0, 0.1) is 5.82 Å². The molecule has 3 rings (SSSR count). The lowest BCUT2D eigenvalue weighted by atomic mass is 10.2. The number of piperazine rings is 1. The number of rotatable bonds is 5. The smallest absolute Gasteiger partial charge is 0.194 e. The van der Waals surface area contributed by atoms with Crippen molar-refractivity contribution in [2.24, 2.45) is 4.99 Å². The Balaban J connectivity index is 1.66. The number of nitrogens with one attached hydrogen (secondary N) is 1. The van der Waals surface area contributed by atoms with Crippen LogP contribution in [0.4, 0.5) is 15.9 Å². The van der Waals surface area contributed by atoms with Crippen molar-refractivity contribution >= 4 is 17.5 Å². The number of nitrogens with zero attached hydrogens (tertiary/aromatic N) is 5. The van der Waals surface area contributed by atoms with Crippen molar-refractivity contribution in [3.05, 3.63) is 54.0 Å². The number of benzene rings is 1. The normalized spacial score (nSPS) is 14.9. The van der Waals surface area contributed by atoms with Gasteiger partial charge in [-0.1, -0.05) is 6.07 Å². The van der Waals surface area contributed by atoms with Gasteiger partial charge in [-0.15, -0.1) is 0 Å². The van der Waals surface area contributed by atoms with Crippen LogP contribution >= 0.6 is 0 Å². The van der Waals surface area contributed by atoms with E-state index in [2.05, 4.69) is 33.1 Å². The third-order valence-corrected chi connectivity index (χ3v) is 4.80. The summed E-state index contributed by atoms with van der Waals surface area (Å²) in [6, 6.07) is 10.7. The Morgan fingerprint density at radius 2 is 1.86 bits per heavy atom. The van der Waals surface area contributed by atoms with E-state index in [1.54, 1.807) is 0 Å². The molecule has 1 aromatic heterocycles. The number of halogens is 1. The van der Waals surface area contributed by atoms with Crippen molar-refractivity contribution in [3.63, 3.8) is 0 Å². The van der Waals surface area contributed by atoms with Gasteiger partial charge in [-0.3, -0.25) is 0 Å². The average molecular weight is 385 g/mol. The fourth-order valence-corrected chi connectivity index (χ4v) is 3.37. The molecule has 0 unspecified atom stereocenters. The Hall–Kier alpha value is -2.83. The molecule has 150 valence electrons. The maximum absolute atomic E-state index is 13.2. The van der Waals surface area contributed by atoms with E-state index < -0.39 is 0 Å². The van der Waals surface area contributed by atoms with Crippen molar-refractivity contribution < 1.29 is 4.39 Å². The molecule has 0 spiro atoms. The van der Waals surface area contributed by atoms with Gasteiger partial charge in [-0.25, -0.2) is 14.4 Å². The number of aliphatic imine (C=N–C) groups is 1. The summed E-state index contributed by atoms with van der Waals surface area (Å²) in [6.07, 6.45) is 1.81. The second kappa shape index (κ2) is 9.39. The lowest BCUT2D eigenvalue weighted by Crippen LogP contribution is -2.52. The summed E-state index contributed by atoms with van der Waals surface area (Å²) in [5.41, 5.74) is 2.17. The molecule has 7 heteroatoms. The van der Waals surface area contributed by atoms with Crippen LogP contribution in [-0.2, 0) is 6.54 Å². The molecule has 1 fully saturated rings. The van der Waals surface area contributed by atoms with Crippen LogP contribution in [0.3, 0.4) is 0 Å². The maximum Gasteiger partial charge on any atom is 0.194 e. The molecule has 0 saturated carbocycles. The molecule has 0 bridgehead atoms. The van der Waals surface area contributed by atoms with E-state index >= 15 is 0 Å². The van der Waals surface area contributed by atoms with E-state index in [4.69, 9.17) is 4.99 Å². The molecule has 1 aliphatic rings. The topological polar surface area (TPSA) is 47.0 Å². The van der Waals surface area contributed by atoms with Gasteiger partial charge in [0.15, 0.2) is 5.96 Å². The largest absolute Gasteiger partial charge is 0.368 e. The van der Waals surface area contributed by atoms with Crippen LogP contribution in [0.5, 0.6) is 0 Å². The van der Waals surface area contributed by atoms with Crippen LogP contribution in [0.15, 0.2) is 47.6 Å². The first-order valence-electron chi connectivity index (χ1n) is 9.73. The summed E-state index contributed by atoms with van der Waals surface area (Å²) in [5.74, 6) is 1.68. The molecule has 28 heavy (non-hydrogen) atoms. The molecule has 2 heterocycles. The number of anilines is 2. The minimum atomic E-state index is -0.198. The summed E-state index contributed by atoms with van der Waals surface area (Å²) >= 11 is 0. The van der Waals surface area contributed by atoms with Gasteiger partial charge in [0.1, 0.15) is 11.6 Å². The van der Waals surface area contributed by atoms with Crippen LogP contribution in [0.1, 0.15) is 12.5 Å². The van der Waals surface area contributed by atoms with Crippen molar-refractivity contribution in [2.45, 2.75) is 13.5 Å². The highest BCUT2D eigenvalue weighted by atomic mass is 19.1.